The van der Waals surface area contributed by atoms with E-state index in [1.54, 1.807) is 0 Å². The first-order valence-corrected chi connectivity index (χ1v) is 9.15. The molecule has 3 nitrogen and oxygen atoms in total. The summed E-state index contributed by atoms with van der Waals surface area (Å²) >= 11 is 0. The monoisotopic (exact) mass is 314 g/mol. The number of nitrogens with one attached hydrogen (secondary N) is 1. The molecule has 1 aromatic carbocycles. The molecule has 2 fully saturated rings. The molecule has 0 saturated heterocycles. The number of aryl methyl sites for hydroxylation is 1. The maximum atomic E-state index is 12.6. The van der Waals surface area contributed by atoms with Gasteiger partial charge in [0.05, 0.1) is 0 Å². The van der Waals surface area contributed by atoms with Crippen molar-refractivity contribution in [3.63, 3.8) is 0 Å². The molecule has 2 aliphatic rings. The van der Waals surface area contributed by atoms with Gasteiger partial charge >= 0.3 is 0 Å². The van der Waals surface area contributed by atoms with Crippen molar-refractivity contribution >= 4 is 5.91 Å². The number of fused-ring (bicyclic) bond motifs is 2. The van der Waals surface area contributed by atoms with Crippen molar-refractivity contribution in [2.24, 2.45) is 17.6 Å². The summed E-state index contributed by atoms with van der Waals surface area (Å²) in [7, 11) is 0. The molecule has 0 radical (unpaired) electrons. The molecule has 3 heteroatoms. The molecule has 0 aliphatic heterocycles. The Morgan fingerprint density at radius 1 is 1.26 bits per heavy atom. The first kappa shape index (κ1) is 16.5. The highest BCUT2D eigenvalue weighted by molar-refractivity contribution is 5.77. The Balaban J connectivity index is 1.60. The molecule has 3 N–H and O–H groups in total. The molecule has 3 atom stereocenters. The number of nitrogens with two attached hydrogens (primary N) is 1. The van der Waals surface area contributed by atoms with Crippen LogP contribution in [0.25, 0.3) is 0 Å². The number of rotatable bonds is 4. The van der Waals surface area contributed by atoms with Crippen LogP contribution in [-0.2, 0) is 4.79 Å². The van der Waals surface area contributed by atoms with Gasteiger partial charge in [0.25, 0.3) is 0 Å². The molecule has 0 spiro atoms. The van der Waals surface area contributed by atoms with E-state index in [0.717, 1.165) is 12.8 Å². The summed E-state index contributed by atoms with van der Waals surface area (Å²) in [6, 6.07) is 9.07. The van der Waals surface area contributed by atoms with Crippen LogP contribution in [0.4, 0.5) is 0 Å². The van der Waals surface area contributed by atoms with Crippen molar-refractivity contribution < 1.29 is 4.79 Å². The lowest BCUT2D eigenvalue weighted by molar-refractivity contribution is -0.123. The van der Waals surface area contributed by atoms with Gasteiger partial charge in [-0.3, -0.25) is 4.79 Å². The van der Waals surface area contributed by atoms with Gasteiger partial charge in [-0.15, -0.1) is 0 Å². The fourth-order valence-electron chi connectivity index (χ4n) is 4.80. The van der Waals surface area contributed by atoms with Gasteiger partial charge < -0.3 is 11.1 Å². The lowest BCUT2D eigenvalue weighted by Gasteiger charge is -2.45. The van der Waals surface area contributed by atoms with Crippen molar-refractivity contribution in [1.29, 1.82) is 0 Å². The summed E-state index contributed by atoms with van der Waals surface area (Å²) < 4.78 is 0. The van der Waals surface area contributed by atoms with Crippen LogP contribution in [0.5, 0.6) is 0 Å². The molecule has 0 heterocycles. The van der Waals surface area contributed by atoms with E-state index >= 15 is 0 Å². The second-order valence-electron chi connectivity index (χ2n) is 7.74. The number of carbonyl (C=O) groups is 1. The molecule has 1 amide bonds. The first-order valence-electron chi connectivity index (χ1n) is 9.15. The average Bonchev–Trinajstić information content (AvgIpc) is 2.48. The summed E-state index contributed by atoms with van der Waals surface area (Å²) in [5, 5.41) is 3.37. The normalized spacial score (nSPS) is 31.4. The topological polar surface area (TPSA) is 55.1 Å². The molecular formula is C20H30N2O. The van der Waals surface area contributed by atoms with Gasteiger partial charge in [0.1, 0.15) is 0 Å². The third-order valence-corrected chi connectivity index (χ3v) is 5.92. The summed E-state index contributed by atoms with van der Waals surface area (Å²) in [5.41, 5.74) is 8.74. The Morgan fingerprint density at radius 2 is 1.91 bits per heavy atom. The standard InChI is InChI=1S/C20H30N2O/c1-13-6-3-4-9-18(13)14(2)10-19(23)22-20-15-7-5-8-16(20)12-17(21)11-15/h3-4,6,9,14-17,20H,5,7-8,10-12,21H2,1-2H3,(H,22,23). The maximum Gasteiger partial charge on any atom is 0.220 e. The largest absolute Gasteiger partial charge is 0.353 e. The summed E-state index contributed by atoms with van der Waals surface area (Å²) in [6.45, 7) is 4.27. The molecule has 3 unspecified atom stereocenters. The minimum Gasteiger partial charge on any atom is -0.353 e. The van der Waals surface area contributed by atoms with E-state index in [2.05, 4.69) is 43.4 Å². The Morgan fingerprint density at radius 3 is 2.57 bits per heavy atom. The molecule has 2 aliphatic carbocycles. The quantitative estimate of drug-likeness (QED) is 0.893. The fraction of sp³-hybridized carbons (Fsp3) is 0.650. The van der Waals surface area contributed by atoms with E-state index in [1.807, 2.05) is 0 Å². The van der Waals surface area contributed by atoms with Crippen molar-refractivity contribution in [2.75, 3.05) is 0 Å². The lowest BCUT2D eigenvalue weighted by atomic mass is 9.67. The molecule has 126 valence electrons. The molecule has 1 aromatic rings. The zero-order chi connectivity index (χ0) is 16.4. The maximum absolute atomic E-state index is 12.6. The fourth-order valence-corrected chi connectivity index (χ4v) is 4.80. The van der Waals surface area contributed by atoms with Gasteiger partial charge in [-0.05, 0) is 61.5 Å². The Bertz CT molecular complexity index is 542. The first-order chi connectivity index (χ1) is 11.0. The van der Waals surface area contributed by atoms with Gasteiger partial charge in [-0.2, -0.15) is 0 Å². The zero-order valence-electron chi connectivity index (χ0n) is 14.4. The van der Waals surface area contributed by atoms with Crippen LogP contribution in [0.2, 0.25) is 0 Å². The summed E-state index contributed by atoms with van der Waals surface area (Å²) in [6.07, 6.45) is 6.48. The second kappa shape index (κ2) is 7.04. The third kappa shape index (κ3) is 3.77. The molecule has 3 rings (SSSR count). The minimum absolute atomic E-state index is 0.207. The molecule has 2 bridgehead atoms. The van der Waals surface area contributed by atoms with Gasteiger partial charge in [-0.25, -0.2) is 0 Å². The number of carbonyl (C=O) groups excluding carboxylic acids is 1. The Labute approximate surface area is 140 Å². The summed E-state index contributed by atoms with van der Waals surface area (Å²) in [4.78, 5) is 12.6. The van der Waals surface area contributed by atoms with E-state index in [1.165, 1.54) is 30.4 Å². The molecule has 2 saturated carbocycles. The number of hydrogen-bond donors (Lipinski definition) is 2. The SMILES string of the molecule is Cc1ccccc1C(C)CC(=O)NC1C2CCCC1CC(N)C2. The van der Waals surface area contributed by atoms with Gasteiger partial charge in [0.2, 0.25) is 5.91 Å². The zero-order valence-corrected chi connectivity index (χ0v) is 14.4. The van der Waals surface area contributed by atoms with E-state index in [0.29, 0.717) is 30.3 Å². The van der Waals surface area contributed by atoms with Gasteiger partial charge in [0.15, 0.2) is 0 Å². The van der Waals surface area contributed by atoms with Crippen LogP contribution in [0.1, 0.15) is 62.5 Å². The smallest absolute Gasteiger partial charge is 0.220 e. The second-order valence-corrected chi connectivity index (χ2v) is 7.74. The highest BCUT2D eigenvalue weighted by Gasteiger charge is 2.39. The third-order valence-electron chi connectivity index (χ3n) is 5.92. The van der Waals surface area contributed by atoms with Gasteiger partial charge in [0, 0.05) is 18.5 Å². The number of hydrogen-bond acceptors (Lipinski definition) is 2. The lowest BCUT2D eigenvalue weighted by Crippen LogP contribution is -2.53. The van der Waals surface area contributed by atoms with Crippen LogP contribution in [0.3, 0.4) is 0 Å². The van der Waals surface area contributed by atoms with Crippen molar-refractivity contribution in [3.8, 4) is 0 Å². The highest BCUT2D eigenvalue weighted by atomic mass is 16.1. The molecule has 0 aromatic heterocycles. The number of amides is 1. The number of benzene rings is 1. The van der Waals surface area contributed by atoms with Crippen LogP contribution in [-0.4, -0.2) is 18.0 Å². The van der Waals surface area contributed by atoms with Crippen LogP contribution < -0.4 is 11.1 Å². The van der Waals surface area contributed by atoms with Gasteiger partial charge in [-0.1, -0.05) is 37.6 Å². The minimum atomic E-state index is 0.207. The van der Waals surface area contributed by atoms with Crippen molar-refractivity contribution in [1.82, 2.24) is 5.32 Å². The van der Waals surface area contributed by atoms with Crippen molar-refractivity contribution in [2.45, 2.75) is 70.4 Å². The van der Waals surface area contributed by atoms with Crippen LogP contribution in [0, 0.1) is 18.8 Å². The predicted molar refractivity (Wildman–Crippen MR) is 94.2 cm³/mol. The predicted octanol–water partition coefficient (Wildman–Crippen LogP) is 3.51. The van der Waals surface area contributed by atoms with E-state index in [-0.39, 0.29) is 11.8 Å². The Kier molecular flexibility index (Phi) is 5.05. The average molecular weight is 314 g/mol. The molecular weight excluding hydrogens is 284 g/mol. The molecule has 23 heavy (non-hydrogen) atoms. The van der Waals surface area contributed by atoms with E-state index < -0.39 is 0 Å². The van der Waals surface area contributed by atoms with E-state index in [4.69, 9.17) is 5.73 Å². The van der Waals surface area contributed by atoms with Crippen molar-refractivity contribution in [3.05, 3.63) is 35.4 Å². The van der Waals surface area contributed by atoms with E-state index in [9.17, 15) is 4.79 Å². The van der Waals surface area contributed by atoms with Crippen LogP contribution >= 0.6 is 0 Å². The van der Waals surface area contributed by atoms with Crippen LogP contribution in [0.15, 0.2) is 24.3 Å². The summed E-state index contributed by atoms with van der Waals surface area (Å²) in [5.74, 6) is 1.66. The highest BCUT2D eigenvalue weighted by Crippen LogP contribution is 2.39. The Hall–Kier alpha value is -1.35.